The number of amides is 1. The van der Waals surface area contributed by atoms with Crippen LogP contribution < -0.4 is 10.5 Å². The van der Waals surface area contributed by atoms with Crippen LogP contribution in [0, 0.1) is 6.92 Å². The summed E-state index contributed by atoms with van der Waals surface area (Å²) in [6, 6.07) is 12.5. The molecule has 174 valence electrons. The molecule has 2 aromatic carbocycles. The first-order valence-electron chi connectivity index (χ1n) is 10.2. The van der Waals surface area contributed by atoms with Gasteiger partial charge in [-0.15, -0.1) is 0 Å². The summed E-state index contributed by atoms with van der Waals surface area (Å²) in [5.41, 5.74) is 1.62. The van der Waals surface area contributed by atoms with Gasteiger partial charge in [-0.05, 0) is 43.7 Å². The van der Waals surface area contributed by atoms with Gasteiger partial charge in [-0.1, -0.05) is 29.8 Å². The smallest absolute Gasteiger partial charge is 0.243 e. The van der Waals surface area contributed by atoms with Gasteiger partial charge in [0.1, 0.15) is 0 Å². The van der Waals surface area contributed by atoms with Crippen LogP contribution in [0.4, 0.5) is 0 Å². The summed E-state index contributed by atoms with van der Waals surface area (Å²) < 4.78 is 50.1. The van der Waals surface area contributed by atoms with Crippen LogP contribution in [0.25, 0.3) is 0 Å². The Kier molecular flexibility index (Phi) is 7.36. The van der Waals surface area contributed by atoms with Gasteiger partial charge >= 0.3 is 0 Å². The molecule has 1 amide bonds. The molecule has 32 heavy (non-hydrogen) atoms. The molecule has 11 heteroatoms. The van der Waals surface area contributed by atoms with Gasteiger partial charge in [0.2, 0.25) is 26.0 Å². The van der Waals surface area contributed by atoms with E-state index in [-0.39, 0.29) is 22.2 Å². The first-order chi connectivity index (χ1) is 15.0. The largest absolute Gasteiger partial charge is 0.348 e. The third-order valence-corrected chi connectivity index (χ3v) is 8.25. The average Bonchev–Trinajstić information content (AvgIpc) is 2.74. The fourth-order valence-corrected chi connectivity index (χ4v) is 5.51. The molecule has 0 aromatic heterocycles. The van der Waals surface area contributed by atoms with Crippen molar-refractivity contribution >= 4 is 26.0 Å². The van der Waals surface area contributed by atoms with E-state index in [9.17, 15) is 21.6 Å². The Morgan fingerprint density at radius 1 is 1.00 bits per heavy atom. The monoisotopic (exact) mass is 480 g/mol. The number of carbonyl (C=O) groups is 1. The fraction of sp³-hybridized carbons (Fsp3) is 0.381. The van der Waals surface area contributed by atoms with Crippen molar-refractivity contribution in [3.8, 4) is 0 Å². The predicted molar refractivity (Wildman–Crippen MR) is 121 cm³/mol. The second kappa shape index (κ2) is 9.67. The van der Waals surface area contributed by atoms with E-state index in [1.807, 2.05) is 11.8 Å². The van der Waals surface area contributed by atoms with Crippen LogP contribution in [0.3, 0.4) is 0 Å². The van der Waals surface area contributed by atoms with E-state index in [0.29, 0.717) is 31.7 Å². The molecule has 0 spiro atoms. The summed E-state index contributed by atoms with van der Waals surface area (Å²) in [5, 5.41) is 8.01. The maximum atomic E-state index is 12.8. The minimum Gasteiger partial charge on any atom is -0.348 e. The number of aryl methyl sites for hydroxylation is 1. The Balaban J connectivity index is 1.54. The molecule has 0 bridgehead atoms. The normalized spacial score (nSPS) is 17.1. The van der Waals surface area contributed by atoms with Crippen molar-refractivity contribution in [2.75, 3.05) is 32.7 Å². The molecule has 1 heterocycles. The molecule has 3 rings (SSSR count). The molecular formula is C21H28N4O5S2. The van der Waals surface area contributed by atoms with Gasteiger partial charge in [0.05, 0.1) is 22.4 Å². The summed E-state index contributed by atoms with van der Waals surface area (Å²) in [6.45, 7) is 5.26. The number of nitrogens with two attached hydrogens (primary N) is 1. The van der Waals surface area contributed by atoms with Crippen LogP contribution >= 0.6 is 0 Å². The van der Waals surface area contributed by atoms with Gasteiger partial charge in [0.25, 0.3) is 0 Å². The highest BCUT2D eigenvalue weighted by molar-refractivity contribution is 7.89. The standard InChI is InChI=1S/C21H28N4O5S2/c1-16-6-8-19(9-7-16)32(29,30)25-12-10-24(11-13-25)15-21(26)23-17(2)18-4-3-5-20(14-18)31(22,27)28/h3-9,14,17H,10-13,15H2,1-2H3,(H,23,26)(H2,22,27,28). The zero-order chi connectivity index (χ0) is 23.5. The van der Waals surface area contributed by atoms with E-state index in [1.165, 1.54) is 16.4 Å². The summed E-state index contributed by atoms with van der Waals surface area (Å²) in [6.07, 6.45) is 0. The average molecular weight is 481 g/mol. The van der Waals surface area contributed by atoms with Crippen molar-refractivity contribution < 1.29 is 21.6 Å². The number of piperazine rings is 1. The van der Waals surface area contributed by atoms with Gasteiger partial charge in [-0.25, -0.2) is 22.0 Å². The maximum absolute atomic E-state index is 12.8. The number of carbonyl (C=O) groups excluding carboxylic acids is 1. The van der Waals surface area contributed by atoms with Crippen molar-refractivity contribution in [3.05, 3.63) is 59.7 Å². The van der Waals surface area contributed by atoms with E-state index in [2.05, 4.69) is 5.32 Å². The lowest BCUT2D eigenvalue weighted by Crippen LogP contribution is -2.51. The number of hydrogen-bond acceptors (Lipinski definition) is 6. The molecule has 2 aromatic rings. The Labute approximate surface area is 189 Å². The highest BCUT2D eigenvalue weighted by atomic mass is 32.2. The molecule has 1 aliphatic heterocycles. The van der Waals surface area contributed by atoms with Gasteiger partial charge in [-0.3, -0.25) is 9.69 Å². The van der Waals surface area contributed by atoms with Crippen molar-refractivity contribution in [2.45, 2.75) is 29.7 Å². The topological polar surface area (TPSA) is 130 Å². The second-order valence-electron chi connectivity index (χ2n) is 7.90. The number of rotatable bonds is 7. The lowest BCUT2D eigenvalue weighted by atomic mass is 10.1. The zero-order valence-corrected chi connectivity index (χ0v) is 19.7. The van der Waals surface area contributed by atoms with E-state index in [1.54, 1.807) is 43.3 Å². The third kappa shape index (κ3) is 5.93. The predicted octanol–water partition coefficient (Wildman–Crippen LogP) is 0.826. The number of nitrogens with zero attached hydrogens (tertiary/aromatic N) is 2. The van der Waals surface area contributed by atoms with Gasteiger partial charge in [0.15, 0.2) is 0 Å². The molecule has 1 unspecified atom stereocenters. The lowest BCUT2D eigenvalue weighted by Gasteiger charge is -2.33. The molecule has 1 aliphatic rings. The third-order valence-electron chi connectivity index (χ3n) is 5.42. The maximum Gasteiger partial charge on any atom is 0.243 e. The van der Waals surface area contributed by atoms with E-state index >= 15 is 0 Å². The first-order valence-corrected chi connectivity index (χ1v) is 13.2. The Bertz CT molecular complexity index is 1170. The molecule has 0 radical (unpaired) electrons. The summed E-state index contributed by atoms with van der Waals surface area (Å²) in [7, 11) is -7.38. The molecule has 1 saturated heterocycles. The molecule has 1 atom stereocenters. The summed E-state index contributed by atoms with van der Waals surface area (Å²) in [4.78, 5) is 14.6. The summed E-state index contributed by atoms with van der Waals surface area (Å²) >= 11 is 0. The lowest BCUT2D eigenvalue weighted by molar-refractivity contribution is -0.123. The van der Waals surface area contributed by atoms with E-state index in [4.69, 9.17) is 5.14 Å². The quantitative estimate of drug-likeness (QED) is 0.604. The van der Waals surface area contributed by atoms with E-state index in [0.717, 1.165) is 5.56 Å². The molecule has 1 fully saturated rings. The first kappa shape index (κ1) is 24.3. The van der Waals surface area contributed by atoms with Crippen LogP contribution in [0.2, 0.25) is 0 Å². The van der Waals surface area contributed by atoms with Gasteiger partial charge in [-0.2, -0.15) is 4.31 Å². The van der Waals surface area contributed by atoms with Crippen molar-refractivity contribution in [1.82, 2.24) is 14.5 Å². The number of sulfonamides is 2. The van der Waals surface area contributed by atoms with Crippen LogP contribution in [0.5, 0.6) is 0 Å². The minimum atomic E-state index is -3.82. The molecule has 9 nitrogen and oxygen atoms in total. The molecule has 3 N–H and O–H groups in total. The Hall–Kier alpha value is -2.31. The van der Waals surface area contributed by atoms with Crippen molar-refractivity contribution in [1.29, 1.82) is 0 Å². The van der Waals surface area contributed by atoms with Gasteiger partial charge in [0, 0.05) is 26.2 Å². The van der Waals surface area contributed by atoms with Crippen LogP contribution in [0.1, 0.15) is 24.1 Å². The zero-order valence-electron chi connectivity index (χ0n) is 18.1. The fourth-order valence-electron chi connectivity index (χ4n) is 3.52. The number of nitrogens with one attached hydrogen (secondary N) is 1. The molecular weight excluding hydrogens is 452 g/mol. The number of hydrogen-bond donors (Lipinski definition) is 2. The highest BCUT2D eigenvalue weighted by Crippen LogP contribution is 2.19. The molecule has 0 saturated carbocycles. The van der Waals surface area contributed by atoms with Crippen LogP contribution in [-0.2, 0) is 24.8 Å². The second-order valence-corrected chi connectivity index (χ2v) is 11.4. The van der Waals surface area contributed by atoms with E-state index < -0.39 is 26.1 Å². The minimum absolute atomic E-state index is 0.0120. The number of benzene rings is 2. The Morgan fingerprint density at radius 3 is 2.22 bits per heavy atom. The highest BCUT2D eigenvalue weighted by Gasteiger charge is 2.29. The summed E-state index contributed by atoms with van der Waals surface area (Å²) in [5.74, 6) is -0.228. The van der Waals surface area contributed by atoms with Gasteiger partial charge < -0.3 is 5.32 Å². The number of primary sulfonamides is 1. The SMILES string of the molecule is Cc1ccc(S(=O)(=O)N2CCN(CC(=O)NC(C)c3cccc(S(N)(=O)=O)c3)CC2)cc1. The Morgan fingerprint density at radius 2 is 1.62 bits per heavy atom. The van der Waals surface area contributed by atoms with Crippen molar-refractivity contribution in [2.24, 2.45) is 5.14 Å². The van der Waals surface area contributed by atoms with Crippen molar-refractivity contribution in [3.63, 3.8) is 0 Å². The van der Waals surface area contributed by atoms with Crippen LogP contribution in [-0.4, -0.2) is 64.7 Å². The molecule has 0 aliphatic carbocycles. The van der Waals surface area contributed by atoms with Crippen LogP contribution in [0.15, 0.2) is 58.3 Å².